The van der Waals surface area contributed by atoms with Crippen LogP contribution in [0.1, 0.15) is 43.7 Å². The Morgan fingerprint density at radius 1 is 1.10 bits per heavy atom. The number of aromatic nitrogens is 1. The maximum atomic E-state index is 13.4. The van der Waals surface area contributed by atoms with Crippen molar-refractivity contribution in [1.82, 2.24) is 10.3 Å². The van der Waals surface area contributed by atoms with Gasteiger partial charge in [-0.25, -0.2) is 14.6 Å². The molecule has 1 aromatic carbocycles. The summed E-state index contributed by atoms with van der Waals surface area (Å²) >= 11 is 0. The minimum Gasteiger partial charge on any atom is -0.493 e. The molecule has 13 heteroatoms. The summed E-state index contributed by atoms with van der Waals surface area (Å²) in [6.07, 6.45) is -1.99. The number of esters is 3. The highest BCUT2D eigenvalue weighted by Gasteiger charge is 2.42. The molecule has 1 aromatic heterocycles. The van der Waals surface area contributed by atoms with E-state index < -0.39 is 72.4 Å². The Balaban J connectivity index is 1.89. The van der Waals surface area contributed by atoms with E-state index in [0.29, 0.717) is 0 Å². The van der Waals surface area contributed by atoms with Crippen LogP contribution >= 0.6 is 0 Å². The van der Waals surface area contributed by atoms with Gasteiger partial charge in [0, 0.05) is 12.3 Å². The van der Waals surface area contributed by atoms with Gasteiger partial charge in [-0.2, -0.15) is 0 Å². The third-order valence-corrected chi connectivity index (χ3v) is 6.22. The van der Waals surface area contributed by atoms with Gasteiger partial charge in [-0.3, -0.25) is 14.4 Å². The van der Waals surface area contributed by atoms with E-state index in [1.807, 2.05) is 6.07 Å². The number of benzene rings is 1. The van der Waals surface area contributed by atoms with Crippen LogP contribution in [0.3, 0.4) is 0 Å². The summed E-state index contributed by atoms with van der Waals surface area (Å²) in [5, 5.41) is 2.41. The third kappa shape index (κ3) is 8.18. The minimum absolute atomic E-state index is 0.00106. The molecule has 0 radical (unpaired) electrons. The molecule has 1 fully saturated rings. The van der Waals surface area contributed by atoms with Crippen LogP contribution in [-0.2, 0) is 39.8 Å². The summed E-state index contributed by atoms with van der Waals surface area (Å²) in [4.78, 5) is 68.3. The van der Waals surface area contributed by atoms with Crippen molar-refractivity contribution in [3.63, 3.8) is 0 Å². The van der Waals surface area contributed by atoms with E-state index in [1.165, 1.54) is 26.3 Å². The quantitative estimate of drug-likeness (QED) is 0.338. The Hall–Kier alpha value is -4.68. The first-order chi connectivity index (χ1) is 20.0. The van der Waals surface area contributed by atoms with Crippen molar-refractivity contribution in [2.75, 3.05) is 20.3 Å². The molecule has 1 amide bonds. The number of hydrogen-bond donors (Lipinski definition) is 1. The highest BCUT2D eigenvalue weighted by atomic mass is 16.7. The first kappa shape index (κ1) is 31.8. The zero-order valence-corrected chi connectivity index (χ0v) is 24.0. The average molecular weight is 587 g/mol. The van der Waals surface area contributed by atoms with Crippen LogP contribution in [0.5, 0.6) is 11.5 Å². The molecule has 2 unspecified atom stereocenters. The molecule has 0 saturated carbocycles. The molecule has 13 nitrogen and oxygen atoms in total. The summed E-state index contributed by atoms with van der Waals surface area (Å²) in [7, 11) is 1.29. The van der Waals surface area contributed by atoms with E-state index in [-0.39, 0.29) is 24.5 Å². The second kappa shape index (κ2) is 14.8. The summed E-state index contributed by atoms with van der Waals surface area (Å²) in [5.74, 6) is -5.13. The first-order valence-corrected chi connectivity index (χ1v) is 13.4. The topological polar surface area (TPSA) is 166 Å². The van der Waals surface area contributed by atoms with Gasteiger partial charge in [0.15, 0.2) is 23.6 Å². The van der Waals surface area contributed by atoms with Crippen molar-refractivity contribution in [3.8, 4) is 11.5 Å². The van der Waals surface area contributed by atoms with Gasteiger partial charge < -0.3 is 33.7 Å². The fourth-order valence-corrected chi connectivity index (χ4v) is 4.06. The van der Waals surface area contributed by atoms with E-state index >= 15 is 0 Å². The van der Waals surface area contributed by atoms with Crippen LogP contribution in [0.25, 0.3) is 0 Å². The fourth-order valence-electron chi connectivity index (χ4n) is 4.06. The first-order valence-electron chi connectivity index (χ1n) is 13.4. The molecule has 4 atom stereocenters. The van der Waals surface area contributed by atoms with Crippen LogP contribution in [0.4, 0.5) is 4.79 Å². The lowest BCUT2D eigenvalue weighted by Gasteiger charge is -2.29. The molecular formula is C29H34N2O11. The van der Waals surface area contributed by atoms with E-state index in [0.717, 1.165) is 5.56 Å². The van der Waals surface area contributed by atoms with E-state index in [1.54, 1.807) is 45.0 Å². The largest absolute Gasteiger partial charge is 0.514 e. The number of nitrogens with zero attached hydrogens (tertiary/aromatic N) is 1. The predicted molar refractivity (Wildman–Crippen MR) is 145 cm³/mol. The Kier molecular flexibility index (Phi) is 11.2. The van der Waals surface area contributed by atoms with Crippen molar-refractivity contribution in [3.05, 3.63) is 53.9 Å². The third-order valence-electron chi connectivity index (χ3n) is 6.22. The maximum absolute atomic E-state index is 13.4. The second-order valence-electron chi connectivity index (χ2n) is 9.63. The number of carbonyl (C=O) groups excluding carboxylic acids is 5. The molecule has 1 aliphatic heterocycles. The smallest absolute Gasteiger partial charge is 0.493 e. The minimum atomic E-state index is -1.48. The van der Waals surface area contributed by atoms with Gasteiger partial charge in [0.2, 0.25) is 5.75 Å². The predicted octanol–water partition coefficient (Wildman–Crippen LogP) is 2.64. The standard InChI is InChI=1S/C29H34N2O11/c1-6-38-29(36)42-24-21(37-5)12-13-30-22(24)25(32)31-20-15-39-27(34)19(14-18-10-8-7-9-11-18)23(17(4)40-28(20)35)41-26(33)16(2)3/h7-13,16-17,19-20,23H,6,14-15H2,1-5H3,(H,31,32)/t17-,19+,20?,23?/m0/s1. The van der Waals surface area contributed by atoms with Gasteiger partial charge in [-0.15, -0.1) is 0 Å². The molecule has 2 aromatic rings. The highest BCUT2D eigenvalue weighted by Crippen LogP contribution is 2.30. The SMILES string of the molecule is CCOC(=O)Oc1c(OC)ccnc1C(=O)NC1COC(=O)[C@H](Cc2ccccc2)C(OC(=O)C(C)C)[C@H](C)OC1=O. The Labute approximate surface area is 242 Å². The van der Waals surface area contributed by atoms with Crippen LogP contribution in [0.15, 0.2) is 42.6 Å². The number of cyclic esters (lactones) is 2. The van der Waals surface area contributed by atoms with E-state index in [4.69, 9.17) is 28.4 Å². The van der Waals surface area contributed by atoms with E-state index in [9.17, 15) is 24.0 Å². The summed E-state index contributed by atoms with van der Waals surface area (Å²) in [5.41, 5.74) is 0.367. The molecule has 2 heterocycles. The van der Waals surface area contributed by atoms with Gasteiger partial charge in [-0.1, -0.05) is 44.2 Å². The number of methoxy groups -OCH3 is 1. The molecule has 1 aliphatic rings. The number of nitrogens with one attached hydrogen (secondary N) is 1. The highest BCUT2D eigenvalue weighted by molar-refractivity contribution is 5.98. The van der Waals surface area contributed by atoms with Crippen molar-refractivity contribution in [1.29, 1.82) is 0 Å². The number of amides is 1. The molecular weight excluding hydrogens is 552 g/mol. The number of ether oxygens (including phenoxy) is 6. The summed E-state index contributed by atoms with van der Waals surface area (Å²) in [6.45, 7) is 5.75. The Morgan fingerprint density at radius 2 is 1.81 bits per heavy atom. The van der Waals surface area contributed by atoms with Crippen LogP contribution in [0.2, 0.25) is 0 Å². The van der Waals surface area contributed by atoms with Gasteiger partial charge in [0.1, 0.15) is 18.6 Å². The van der Waals surface area contributed by atoms with Crippen molar-refractivity contribution in [2.45, 2.75) is 52.4 Å². The van der Waals surface area contributed by atoms with Crippen molar-refractivity contribution in [2.24, 2.45) is 11.8 Å². The lowest BCUT2D eigenvalue weighted by Crippen LogP contribution is -2.47. The Morgan fingerprint density at radius 3 is 2.45 bits per heavy atom. The number of rotatable bonds is 9. The van der Waals surface area contributed by atoms with E-state index in [2.05, 4.69) is 10.3 Å². The van der Waals surface area contributed by atoms with Crippen LogP contribution in [0, 0.1) is 11.8 Å². The molecule has 42 heavy (non-hydrogen) atoms. The Bertz CT molecular complexity index is 1280. The molecule has 0 bridgehead atoms. The number of hydrogen-bond acceptors (Lipinski definition) is 12. The lowest BCUT2D eigenvalue weighted by atomic mass is 9.91. The molecule has 226 valence electrons. The fraction of sp³-hybridized carbons (Fsp3) is 0.448. The normalized spacial score (nSPS) is 20.6. The van der Waals surface area contributed by atoms with Crippen molar-refractivity contribution < 1.29 is 52.4 Å². The molecule has 0 aliphatic carbocycles. The average Bonchev–Trinajstić information content (AvgIpc) is 2.99. The van der Waals surface area contributed by atoms with Gasteiger partial charge in [0.25, 0.3) is 5.91 Å². The molecule has 1 saturated heterocycles. The molecule has 0 spiro atoms. The van der Waals surface area contributed by atoms with Gasteiger partial charge in [-0.05, 0) is 25.8 Å². The second-order valence-corrected chi connectivity index (χ2v) is 9.63. The van der Waals surface area contributed by atoms with Crippen LogP contribution in [-0.4, -0.2) is 73.5 Å². The zero-order valence-electron chi connectivity index (χ0n) is 24.0. The lowest BCUT2D eigenvalue weighted by molar-refractivity contribution is -0.176. The molecule has 1 N–H and O–H groups in total. The number of pyridine rings is 1. The van der Waals surface area contributed by atoms with Crippen LogP contribution < -0.4 is 14.8 Å². The van der Waals surface area contributed by atoms with Gasteiger partial charge in [0.05, 0.1) is 19.6 Å². The van der Waals surface area contributed by atoms with Gasteiger partial charge >= 0.3 is 24.1 Å². The summed E-state index contributed by atoms with van der Waals surface area (Å²) < 4.78 is 31.8. The maximum Gasteiger partial charge on any atom is 0.514 e. The monoisotopic (exact) mass is 586 g/mol. The van der Waals surface area contributed by atoms with Crippen molar-refractivity contribution >= 4 is 30.0 Å². The summed E-state index contributed by atoms with van der Waals surface area (Å²) in [6, 6.07) is 8.90. The zero-order chi connectivity index (χ0) is 30.8. The number of carbonyl (C=O) groups is 5. The molecule has 3 rings (SSSR count).